The maximum Gasteiger partial charge on any atom is 0.329 e. The van der Waals surface area contributed by atoms with Crippen LogP contribution in [0.5, 0.6) is 0 Å². The van der Waals surface area contributed by atoms with Gasteiger partial charge in [-0.15, -0.1) is 0 Å². The first kappa shape index (κ1) is 17.2. The first-order valence-electron chi connectivity index (χ1n) is 10.1. The zero-order chi connectivity index (χ0) is 19.1. The van der Waals surface area contributed by atoms with Gasteiger partial charge < -0.3 is 9.30 Å². The van der Waals surface area contributed by atoms with E-state index in [9.17, 15) is 4.79 Å². The van der Waals surface area contributed by atoms with Crippen molar-refractivity contribution in [2.45, 2.75) is 51.2 Å². The van der Waals surface area contributed by atoms with Crippen molar-refractivity contribution in [2.75, 3.05) is 0 Å². The summed E-state index contributed by atoms with van der Waals surface area (Å²) in [6.07, 6.45) is 5.49. The smallest absolute Gasteiger partial charge is 0.329 e. The van der Waals surface area contributed by atoms with Crippen LogP contribution in [0, 0.1) is 0 Å². The van der Waals surface area contributed by atoms with Crippen LogP contribution < -0.4 is 0 Å². The summed E-state index contributed by atoms with van der Waals surface area (Å²) in [5, 5.41) is 1.01. The van der Waals surface area contributed by atoms with Crippen LogP contribution in [0.3, 0.4) is 0 Å². The minimum absolute atomic E-state index is 0.0451. The summed E-state index contributed by atoms with van der Waals surface area (Å²) in [7, 11) is 0. The zero-order valence-corrected chi connectivity index (χ0v) is 16.0. The number of esters is 1. The Labute approximate surface area is 163 Å². The number of carbonyl (C=O) groups is 1. The summed E-state index contributed by atoms with van der Waals surface area (Å²) < 4.78 is 7.84. The van der Waals surface area contributed by atoms with Crippen LogP contribution in [-0.2, 0) is 9.53 Å². The molecule has 2 aromatic carbocycles. The number of ether oxygens (including phenoxy) is 1. The molecule has 0 bridgehead atoms. The number of fused-ring (bicyclic) bond motifs is 4. The highest BCUT2D eigenvalue weighted by Crippen LogP contribution is 2.32. The van der Waals surface area contributed by atoms with Gasteiger partial charge >= 0.3 is 5.97 Å². The normalized spacial score (nSPS) is 16.6. The van der Waals surface area contributed by atoms with Crippen molar-refractivity contribution in [1.29, 1.82) is 0 Å². The third kappa shape index (κ3) is 2.82. The van der Waals surface area contributed by atoms with Crippen LogP contribution in [0.25, 0.3) is 33.1 Å². The van der Waals surface area contributed by atoms with Crippen LogP contribution in [-0.4, -0.2) is 26.6 Å². The van der Waals surface area contributed by atoms with Crippen molar-refractivity contribution in [3.05, 3.63) is 48.5 Å². The molecule has 5 nitrogen and oxygen atoms in total. The van der Waals surface area contributed by atoms with Crippen molar-refractivity contribution in [1.82, 2.24) is 14.5 Å². The SMILES string of the molecule is CC(C(=O)OC1CCCCC1)n1c2ccccc2c2nc3ccccc3nc21. The predicted octanol–water partition coefficient (Wildman–Crippen LogP) is 5.17. The van der Waals surface area contributed by atoms with E-state index in [2.05, 4.69) is 0 Å². The summed E-state index contributed by atoms with van der Waals surface area (Å²) in [6, 6.07) is 15.4. The van der Waals surface area contributed by atoms with Crippen LogP contribution in [0.15, 0.2) is 48.5 Å². The fraction of sp³-hybridized carbons (Fsp3) is 0.348. The Morgan fingerprint density at radius 1 is 1.00 bits per heavy atom. The molecule has 4 aromatic rings. The van der Waals surface area contributed by atoms with Crippen LogP contribution in [0.1, 0.15) is 45.1 Å². The van der Waals surface area contributed by atoms with Gasteiger partial charge in [0, 0.05) is 5.39 Å². The Balaban J connectivity index is 1.64. The lowest BCUT2D eigenvalue weighted by atomic mass is 9.98. The third-order valence-electron chi connectivity index (χ3n) is 5.76. The minimum Gasteiger partial charge on any atom is -0.461 e. The molecule has 0 radical (unpaired) electrons. The number of benzene rings is 2. The molecule has 5 rings (SSSR count). The van der Waals surface area contributed by atoms with Gasteiger partial charge in [-0.1, -0.05) is 36.8 Å². The largest absolute Gasteiger partial charge is 0.461 e. The second kappa shape index (κ2) is 6.89. The van der Waals surface area contributed by atoms with Gasteiger partial charge in [-0.2, -0.15) is 0 Å². The monoisotopic (exact) mass is 373 g/mol. The van der Waals surface area contributed by atoms with Crippen molar-refractivity contribution in [2.24, 2.45) is 0 Å². The molecular formula is C23H23N3O2. The second-order valence-corrected chi connectivity index (χ2v) is 7.64. The van der Waals surface area contributed by atoms with E-state index in [0.717, 1.165) is 58.8 Å². The molecule has 0 aliphatic heterocycles. The van der Waals surface area contributed by atoms with E-state index in [0.29, 0.717) is 0 Å². The van der Waals surface area contributed by atoms with Gasteiger partial charge in [0.2, 0.25) is 0 Å². The van der Waals surface area contributed by atoms with Gasteiger partial charge in [0.25, 0.3) is 0 Å². The molecule has 1 aliphatic rings. The van der Waals surface area contributed by atoms with Crippen molar-refractivity contribution in [3.63, 3.8) is 0 Å². The number of hydrogen-bond acceptors (Lipinski definition) is 4. The lowest BCUT2D eigenvalue weighted by Gasteiger charge is -2.24. The number of para-hydroxylation sites is 3. The molecule has 0 spiro atoms. The quantitative estimate of drug-likeness (QED) is 0.465. The molecule has 1 atom stereocenters. The van der Waals surface area contributed by atoms with Gasteiger partial charge in [0.15, 0.2) is 5.65 Å². The zero-order valence-electron chi connectivity index (χ0n) is 16.0. The number of nitrogens with zero attached hydrogens (tertiary/aromatic N) is 3. The summed E-state index contributed by atoms with van der Waals surface area (Å²) in [4.78, 5) is 22.7. The van der Waals surface area contributed by atoms with Gasteiger partial charge in [-0.05, 0) is 50.8 Å². The molecule has 0 amide bonds. The Morgan fingerprint density at radius 3 is 2.46 bits per heavy atom. The second-order valence-electron chi connectivity index (χ2n) is 7.64. The minimum atomic E-state index is -0.459. The summed E-state index contributed by atoms with van der Waals surface area (Å²) in [6.45, 7) is 1.90. The molecule has 142 valence electrons. The Morgan fingerprint density at radius 2 is 1.68 bits per heavy atom. The predicted molar refractivity (Wildman–Crippen MR) is 110 cm³/mol. The van der Waals surface area contributed by atoms with Crippen LogP contribution in [0.4, 0.5) is 0 Å². The highest BCUT2D eigenvalue weighted by atomic mass is 16.5. The third-order valence-corrected chi connectivity index (χ3v) is 5.76. The van der Waals surface area contributed by atoms with Crippen LogP contribution >= 0.6 is 0 Å². The fourth-order valence-corrected chi connectivity index (χ4v) is 4.28. The number of carbonyl (C=O) groups excluding carboxylic acids is 1. The maximum absolute atomic E-state index is 13.0. The average Bonchev–Trinajstić information content (AvgIpc) is 3.05. The van der Waals surface area contributed by atoms with E-state index >= 15 is 0 Å². The fourth-order valence-electron chi connectivity index (χ4n) is 4.28. The van der Waals surface area contributed by atoms with E-state index < -0.39 is 6.04 Å². The molecule has 2 aromatic heterocycles. The molecule has 1 saturated carbocycles. The first-order valence-corrected chi connectivity index (χ1v) is 10.1. The summed E-state index contributed by atoms with van der Waals surface area (Å²) in [5.41, 5.74) is 4.20. The van der Waals surface area contributed by atoms with Gasteiger partial charge in [0.1, 0.15) is 17.7 Å². The van der Waals surface area contributed by atoms with Crippen molar-refractivity contribution in [3.8, 4) is 0 Å². The molecule has 1 fully saturated rings. The lowest BCUT2D eigenvalue weighted by molar-refractivity contribution is -0.153. The Kier molecular flexibility index (Phi) is 4.23. The average molecular weight is 373 g/mol. The molecule has 0 saturated heterocycles. The van der Waals surface area contributed by atoms with E-state index in [4.69, 9.17) is 14.7 Å². The molecule has 1 unspecified atom stereocenters. The molecule has 2 heterocycles. The topological polar surface area (TPSA) is 57.0 Å². The summed E-state index contributed by atoms with van der Waals surface area (Å²) >= 11 is 0. The molecule has 1 aliphatic carbocycles. The van der Waals surface area contributed by atoms with Crippen molar-refractivity contribution >= 4 is 39.1 Å². The lowest BCUT2D eigenvalue weighted by Crippen LogP contribution is -2.26. The Bertz CT molecular complexity index is 1170. The number of hydrogen-bond donors (Lipinski definition) is 0. The standard InChI is InChI=1S/C23H23N3O2/c1-15(23(27)28-16-9-3-2-4-10-16)26-20-14-8-5-11-17(20)21-22(26)25-19-13-7-6-12-18(19)24-21/h5-8,11-16H,2-4,9-10H2,1H3. The van der Waals surface area contributed by atoms with E-state index in [1.807, 2.05) is 60.0 Å². The number of rotatable bonds is 3. The van der Waals surface area contributed by atoms with E-state index in [-0.39, 0.29) is 12.1 Å². The highest BCUT2D eigenvalue weighted by Gasteiger charge is 2.26. The van der Waals surface area contributed by atoms with Crippen LogP contribution in [0.2, 0.25) is 0 Å². The van der Waals surface area contributed by atoms with E-state index in [1.165, 1.54) is 6.42 Å². The van der Waals surface area contributed by atoms with Gasteiger partial charge in [-0.25, -0.2) is 14.8 Å². The Hall–Kier alpha value is -2.95. The molecule has 5 heteroatoms. The van der Waals surface area contributed by atoms with E-state index in [1.54, 1.807) is 0 Å². The number of aromatic nitrogens is 3. The highest BCUT2D eigenvalue weighted by molar-refractivity contribution is 6.07. The van der Waals surface area contributed by atoms with Gasteiger partial charge in [0.05, 0.1) is 16.6 Å². The first-order chi connectivity index (χ1) is 13.7. The molecule has 28 heavy (non-hydrogen) atoms. The van der Waals surface area contributed by atoms with Crippen molar-refractivity contribution < 1.29 is 9.53 Å². The maximum atomic E-state index is 13.0. The molecular weight excluding hydrogens is 350 g/mol. The molecule has 0 N–H and O–H groups in total. The van der Waals surface area contributed by atoms with Gasteiger partial charge in [-0.3, -0.25) is 0 Å². The summed E-state index contributed by atoms with van der Waals surface area (Å²) in [5.74, 6) is -0.190.